The summed E-state index contributed by atoms with van der Waals surface area (Å²) in [5, 5.41) is -0.137. The molecule has 0 N–H and O–H groups in total. The number of aryl methyl sites for hydroxylation is 1. The van der Waals surface area contributed by atoms with Crippen molar-refractivity contribution in [2.24, 2.45) is 4.99 Å². The van der Waals surface area contributed by atoms with Crippen molar-refractivity contribution in [1.82, 2.24) is 4.90 Å². The largest absolute Gasteiger partial charge is 0.493 e. The number of allylic oxidation sites excluding steroid dienone is 2. The number of ether oxygens (including phenoxy) is 2. The molecule has 0 spiro atoms. The lowest BCUT2D eigenvalue weighted by molar-refractivity contribution is 0.0358. The van der Waals surface area contributed by atoms with Crippen LogP contribution < -0.4 is 4.74 Å². The SMILES string of the molecule is Cc1cc2c(cc1OCCCN1CCOCC1)N=CC=CC2Cl. The summed E-state index contributed by atoms with van der Waals surface area (Å²) >= 11 is 6.37. The lowest BCUT2D eigenvalue weighted by Crippen LogP contribution is -2.37. The number of rotatable bonds is 5. The molecule has 0 aromatic heterocycles. The Balaban J connectivity index is 1.57. The van der Waals surface area contributed by atoms with Crippen LogP contribution in [0, 0.1) is 6.92 Å². The van der Waals surface area contributed by atoms with Gasteiger partial charge in [0.15, 0.2) is 0 Å². The van der Waals surface area contributed by atoms with Crippen LogP contribution in [0.4, 0.5) is 5.69 Å². The van der Waals surface area contributed by atoms with Crippen molar-refractivity contribution < 1.29 is 9.47 Å². The van der Waals surface area contributed by atoms with Crippen LogP contribution in [0.15, 0.2) is 29.3 Å². The Hall–Kier alpha value is -1.36. The zero-order valence-corrected chi connectivity index (χ0v) is 14.3. The Kier molecular flexibility index (Phi) is 5.70. The second-order valence-corrected chi connectivity index (χ2v) is 6.37. The van der Waals surface area contributed by atoms with Crippen LogP contribution in [0.5, 0.6) is 5.75 Å². The highest BCUT2D eigenvalue weighted by Gasteiger charge is 2.15. The number of aliphatic imine (C=N–C) groups is 1. The van der Waals surface area contributed by atoms with Gasteiger partial charge in [-0.1, -0.05) is 6.08 Å². The number of halogens is 1. The molecule has 0 amide bonds. The Morgan fingerprint density at radius 3 is 3.00 bits per heavy atom. The maximum absolute atomic E-state index is 6.37. The average molecular weight is 335 g/mol. The Morgan fingerprint density at radius 2 is 2.17 bits per heavy atom. The van der Waals surface area contributed by atoms with E-state index in [-0.39, 0.29) is 5.38 Å². The first-order valence-corrected chi connectivity index (χ1v) is 8.60. The molecule has 1 unspecified atom stereocenters. The number of morpholine rings is 1. The third kappa shape index (κ3) is 4.34. The fraction of sp³-hybridized carbons (Fsp3) is 0.500. The number of alkyl halides is 1. The van der Waals surface area contributed by atoms with E-state index < -0.39 is 0 Å². The summed E-state index contributed by atoms with van der Waals surface area (Å²) in [5.41, 5.74) is 3.03. The van der Waals surface area contributed by atoms with Crippen LogP contribution in [0.1, 0.15) is 22.9 Å². The molecule has 0 bridgehead atoms. The average Bonchev–Trinajstić information content (AvgIpc) is 2.74. The van der Waals surface area contributed by atoms with E-state index >= 15 is 0 Å². The third-order valence-corrected chi connectivity index (χ3v) is 4.56. The molecule has 1 aromatic carbocycles. The van der Waals surface area contributed by atoms with Crippen molar-refractivity contribution >= 4 is 23.5 Å². The van der Waals surface area contributed by atoms with Gasteiger partial charge in [-0.25, -0.2) is 0 Å². The first-order chi connectivity index (χ1) is 11.2. The number of nitrogens with zero attached hydrogens (tertiary/aromatic N) is 2. The maximum atomic E-state index is 6.37. The molecular weight excluding hydrogens is 312 g/mol. The van der Waals surface area contributed by atoms with Crippen molar-refractivity contribution in [1.29, 1.82) is 0 Å². The monoisotopic (exact) mass is 334 g/mol. The normalized spacial score (nSPS) is 21.0. The molecule has 124 valence electrons. The maximum Gasteiger partial charge on any atom is 0.124 e. The molecule has 1 aromatic rings. The lowest BCUT2D eigenvalue weighted by Gasteiger charge is -2.26. The van der Waals surface area contributed by atoms with Crippen molar-refractivity contribution in [3.8, 4) is 5.75 Å². The fourth-order valence-electron chi connectivity index (χ4n) is 2.86. The first kappa shape index (κ1) is 16.5. The topological polar surface area (TPSA) is 34.1 Å². The van der Waals surface area contributed by atoms with Crippen LogP contribution in [-0.2, 0) is 4.74 Å². The molecule has 1 saturated heterocycles. The van der Waals surface area contributed by atoms with Gasteiger partial charge in [0, 0.05) is 31.9 Å². The molecule has 0 saturated carbocycles. The predicted molar refractivity (Wildman–Crippen MR) is 94.4 cm³/mol. The van der Waals surface area contributed by atoms with Crippen LogP contribution in [-0.4, -0.2) is 50.6 Å². The van der Waals surface area contributed by atoms with E-state index in [1.54, 1.807) is 6.21 Å². The molecule has 0 radical (unpaired) electrons. The van der Waals surface area contributed by atoms with Crippen LogP contribution in [0.2, 0.25) is 0 Å². The van der Waals surface area contributed by atoms with E-state index in [1.807, 2.05) is 18.2 Å². The van der Waals surface area contributed by atoms with Gasteiger partial charge in [-0.05, 0) is 36.6 Å². The first-order valence-electron chi connectivity index (χ1n) is 8.16. The van der Waals surface area contributed by atoms with Crippen molar-refractivity contribution in [3.05, 3.63) is 35.4 Å². The van der Waals surface area contributed by atoms with Crippen molar-refractivity contribution in [2.75, 3.05) is 39.5 Å². The molecule has 5 heteroatoms. The van der Waals surface area contributed by atoms with Gasteiger partial charge in [0.05, 0.1) is 30.9 Å². The summed E-state index contributed by atoms with van der Waals surface area (Å²) in [6.45, 7) is 7.56. The minimum absolute atomic E-state index is 0.137. The van der Waals surface area contributed by atoms with E-state index in [2.05, 4.69) is 22.9 Å². The van der Waals surface area contributed by atoms with Gasteiger partial charge in [0.1, 0.15) is 5.75 Å². The van der Waals surface area contributed by atoms with E-state index in [1.165, 1.54) is 0 Å². The van der Waals surface area contributed by atoms with Crippen LogP contribution >= 0.6 is 11.6 Å². The van der Waals surface area contributed by atoms with E-state index in [9.17, 15) is 0 Å². The molecule has 3 rings (SSSR count). The molecule has 1 atom stereocenters. The molecule has 0 aliphatic carbocycles. The summed E-state index contributed by atoms with van der Waals surface area (Å²) in [7, 11) is 0. The summed E-state index contributed by atoms with van der Waals surface area (Å²) in [5.74, 6) is 0.897. The smallest absolute Gasteiger partial charge is 0.124 e. The number of benzene rings is 1. The highest BCUT2D eigenvalue weighted by Crippen LogP contribution is 2.37. The summed E-state index contributed by atoms with van der Waals surface area (Å²) in [4.78, 5) is 6.86. The zero-order valence-electron chi connectivity index (χ0n) is 13.5. The highest BCUT2D eigenvalue weighted by atomic mass is 35.5. The van der Waals surface area contributed by atoms with E-state index in [0.29, 0.717) is 6.61 Å². The quantitative estimate of drug-likeness (QED) is 0.609. The molecule has 4 nitrogen and oxygen atoms in total. The van der Waals surface area contributed by atoms with E-state index in [4.69, 9.17) is 21.1 Å². The number of hydrogen-bond donors (Lipinski definition) is 0. The van der Waals surface area contributed by atoms with Crippen molar-refractivity contribution in [3.63, 3.8) is 0 Å². The molecule has 1 fully saturated rings. The van der Waals surface area contributed by atoms with Gasteiger partial charge in [-0.15, -0.1) is 11.6 Å². The van der Waals surface area contributed by atoms with Gasteiger partial charge in [-0.2, -0.15) is 0 Å². The second-order valence-electron chi connectivity index (χ2n) is 5.90. The van der Waals surface area contributed by atoms with Crippen LogP contribution in [0.3, 0.4) is 0 Å². The minimum Gasteiger partial charge on any atom is -0.493 e. The van der Waals surface area contributed by atoms with Gasteiger partial charge in [0.2, 0.25) is 0 Å². The molecule has 23 heavy (non-hydrogen) atoms. The standard InChI is InChI=1S/C18H23ClN2O2/c1-14-12-15-16(19)4-2-5-20-17(15)13-18(14)23-9-3-6-21-7-10-22-11-8-21/h2,4-5,12-13,16H,3,6-11H2,1H3. The second kappa shape index (κ2) is 7.95. The Morgan fingerprint density at radius 1 is 1.35 bits per heavy atom. The predicted octanol–water partition coefficient (Wildman–Crippen LogP) is 3.65. The molecular formula is C18H23ClN2O2. The van der Waals surface area contributed by atoms with Gasteiger partial charge in [0.25, 0.3) is 0 Å². The summed E-state index contributed by atoms with van der Waals surface area (Å²) in [6, 6.07) is 4.08. The van der Waals surface area contributed by atoms with Gasteiger partial charge >= 0.3 is 0 Å². The Bertz CT molecular complexity index is 595. The third-order valence-electron chi connectivity index (χ3n) is 4.18. The van der Waals surface area contributed by atoms with Gasteiger partial charge in [-0.3, -0.25) is 9.89 Å². The molecule has 2 aliphatic heterocycles. The minimum atomic E-state index is -0.137. The number of fused-ring (bicyclic) bond motifs is 1. The van der Waals surface area contributed by atoms with E-state index in [0.717, 1.165) is 61.8 Å². The summed E-state index contributed by atoms with van der Waals surface area (Å²) in [6.07, 6.45) is 6.62. The van der Waals surface area contributed by atoms with Crippen LogP contribution in [0.25, 0.3) is 0 Å². The molecule has 2 heterocycles. The lowest BCUT2D eigenvalue weighted by atomic mass is 10.1. The highest BCUT2D eigenvalue weighted by molar-refractivity contribution is 6.22. The summed E-state index contributed by atoms with van der Waals surface area (Å²) < 4.78 is 11.3. The Labute approximate surface area is 142 Å². The fourth-order valence-corrected chi connectivity index (χ4v) is 3.12. The molecule has 2 aliphatic rings. The van der Waals surface area contributed by atoms with Gasteiger partial charge < -0.3 is 9.47 Å². The van der Waals surface area contributed by atoms with Crippen molar-refractivity contribution in [2.45, 2.75) is 18.7 Å². The zero-order chi connectivity index (χ0) is 16.1. The number of hydrogen-bond acceptors (Lipinski definition) is 4.